The molecule has 1 aliphatic rings. The minimum absolute atomic E-state index is 0. The molecule has 0 aromatic carbocycles. The Hall–Kier alpha value is -0.320. The average Bonchev–Trinajstić information content (AvgIpc) is 2.20. The number of ether oxygens (including phenoxy) is 2. The first-order valence-electron chi connectivity index (χ1n) is 5.12. The smallest absolute Gasteiger partial charge is 0.315 e. The highest BCUT2D eigenvalue weighted by atomic mass is 35.5. The molecule has 0 spiro atoms. The molecule has 5 heteroatoms. The number of carbonyl (C=O) groups excluding carboxylic acids is 1. The molecular weight excluding hydrogens is 218 g/mol. The number of rotatable bonds is 4. The second-order valence-corrected chi connectivity index (χ2v) is 3.71. The van der Waals surface area contributed by atoms with E-state index in [9.17, 15) is 4.79 Å². The van der Waals surface area contributed by atoms with E-state index in [4.69, 9.17) is 9.47 Å². The Morgan fingerprint density at radius 1 is 1.53 bits per heavy atom. The minimum atomic E-state index is -0.455. The number of halogens is 1. The predicted octanol–water partition coefficient (Wildman–Crippen LogP) is 0.987. The van der Waals surface area contributed by atoms with E-state index in [2.05, 4.69) is 5.32 Å². The van der Waals surface area contributed by atoms with Crippen molar-refractivity contribution in [3.63, 3.8) is 0 Å². The Balaban J connectivity index is 0.00000196. The first kappa shape index (κ1) is 14.7. The van der Waals surface area contributed by atoms with Crippen molar-refractivity contribution in [2.75, 3.05) is 33.4 Å². The topological polar surface area (TPSA) is 47.6 Å². The van der Waals surface area contributed by atoms with Gasteiger partial charge in [-0.1, -0.05) is 0 Å². The summed E-state index contributed by atoms with van der Waals surface area (Å²) < 4.78 is 10.2. The number of carbonyl (C=O) groups is 1. The van der Waals surface area contributed by atoms with Crippen LogP contribution in [0.25, 0.3) is 0 Å². The van der Waals surface area contributed by atoms with Crippen LogP contribution in [0.2, 0.25) is 0 Å². The van der Waals surface area contributed by atoms with Crippen LogP contribution in [0.1, 0.15) is 19.8 Å². The van der Waals surface area contributed by atoms with Crippen molar-refractivity contribution in [2.45, 2.75) is 19.8 Å². The van der Waals surface area contributed by atoms with Crippen LogP contribution >= 0.6 is 12.4 Å². The molecular formula is C10H20ClNO3. The molecule has 1 fully saturated rings. The van der Waals surface area contributed by atoms with E-state index >= 15 is 0 Å². The molecule has 1 atom stereocenters. The molecule has 1 aliphatic heterocycles. The van der Waals surface area contributed by atoms with Gasteiger partial charge in [0.2, 0.25) is 0 Å². The third kappa shape index (κ3) is 3.63. The highest BCUT2D eigenvalue weighted by Gasteiger charge is 2.41. The number of hydrogen-bond acceptors (Lipinski definition) is 4. The summed E-state index contributed by atoms with van der Waals surface area (Å²) in [7, 11) is 1.62. The lowest BCUT2D eigenvalue weighted by Crippen LogP contribution is -2.49. The summed E-state index contributed by atoms with van der Waals surface area (Å²) in [6, 6.07) is 0. The third-order valence-corrected chi connectivity index (χ3v) is 2.60. The average molecular weight is 238 g/mol. The maximum Gasteiger partial charge on any atom is 0.315 e. The molecule has 0 radical (unpaired) electrons. The summed E-state index contributed by atoms with van der Waals surface area (Å²) in [5, 5.41) is 3.22. The Labute approximate surface area is 97.1 Å². The Morgan fingerprint density at radius 2 is 2.27 bits per heavy atom. The summed E-state index contributed by atoms with van der Waals surface area (Å²) in [4.78, 5) is 11.8. The number of methoxy groups -OCH3 is 1. The van der Waals surface area contributed by atoms with Gasteiger partial charge in [0.05, 0.1) is 13.2 Å². The van der Waals surface area contributed by atoms with Gasteiger partial charge in [0.1, 0.15) is 5.41 Å². The fraction of sp³-hybridized carbons (Fsp3) is 0.900. The van der Waals surface area contributed by atoms with E-state index in [0.717, 1.165) is 19.4 Å². The maximum absolute atomic E-state index is 11.8. The van der Waals surface area contributed by atoms with Gasteiger partial charge in [-0.05, 0) is 26.3 Å². The summed E-state index contributed by atoms with van der Waals surface area (Å²) in [6.45, 7) is 4.35. The van der Waals surface area contributed by atoms with Crippen LogP contribution in [0.3, 0.4) is 0 Å². The van der Waals surface area contributed by atoms with E-state index in [1.807, 2.05) is 6.92 Å². The van der Waals surface area contributed by atoms with Crippen LogP contribution in [-0.2, 0) is 14.3 Å². The van der Waals surface area contributed by atoms with Crippen LogP contribution in [-0.4, -0.2) is 39.4 Å². The molecule has 1 rings (SSSR count). The zero-order valence-electron chi connectivity index (χ0n) is 9.38. The Kier molecular flexibility index (Phi) is 6.89. The van der Waals surface area contributed by atoms with Crippen LogP contribution in [0.15, 0.2) is 0 Å². The van der Waals surface area contributed by atoms with Gasteiger partial charge in [0.25, 0.3) is 0 Å². The van der Waals surface area contributed by atoms with E-state index in [1.54, 1.807) is 7.11 Å². The zero-order valence-corrected chi connectivity index (χ0v) is 10.2. The van der Waals surface area contributed by atoms with Crippen LogP contribution in [0.4, 0.5) is 0 Å². The number of nitrogens with one attached hydrogen (secondary N) is 1. The van der Waals surface area contributed by atoms with Gasteiger partial charge in [-0.2, -0.15) is 0 Å². The molecule has 4 nitrogen and oxygen atoms in total. The van der Waals surface area contributed by atoms with E-state index in [0.29, 0.717) is 19.8 Å². The third-order valence-electron chi connectivity index (χ3n) is 2.60. The highest BCUT2D eigenvalue weighted by Crippen LogP contribution is 2.28. The summed E-state index contributed by atoms with van der Waals surface area (Å²) in [5.74, 6) is -0.131. The number of esters is 1. The fourth-order valence-corrected chi connectivity index (χ4v) is 1.88. The standard InChI is InChI=1S/C10H19NO3.ClH/c1-3-14-9(12)10(8-13-2)5-4-6-11-7-10;/h11H,3-8H2,1-2H3;1H. The fourth-order valence-electron chi connectivity index (χ4n) is 1.88. The lowest BCUT2D eigenvalue weighted by Gasteiger charge is -2.34. The van der Waals surface area contributed by atoms with E-state index in [1.165, 1.54) is 0 Å². The molecule has 0 aromatic rings. The van der Waals surface area contributed by atoms with Crippen LogP contribution in [0.5, 0.6) is 0 Å². The van der Waals surface area contributed by atoms with Gasteiger partial charge < -0.3 is 14.8 Å². The van der Waals surface area contributed by atoms with Crippen molar-refractivity contribution in [3.8, 4) is 0 Å². The molecule has 0 saturated carbocycles. The molecule has 1 heterocycles. The largest absolute Gasteiger partial charge is 0.465 e. The maximum atomic E-state index is 11.8. The first-order valence-corrected chi connectivity index (χ1v) is 5.12. The van der Waals surface area contributed by atoms with Crippen molar-refractivity contribution in [3.05, 3.63) is 0 Å². The summed E-state index contributed by atoms with van der Waals surface area (Å²) in [6.07, 6.45) is 1.86. The van der Waals surface area contributed by atoms with Crippen LogP contribution in [0, 0.1) is 5.41 Å². The Morgan fingerprint density at radius 3 is 2.73 bits per heavy atom. The summed E-state index contributed by atoms with van der Waals surface area (Å²) >= 11 is 0. The van der Waals surface area contributed by atoms with E-state index in [-0.39, 0.29) is 18.4 Å². The van der Waals surface area contributed by atoms with Gasteiger partial charge in [0, 0.05) is 13.7 Å². The second-order valence-electron chi connectivity index (χ2n) is 3.71. The minimum Gasteiger partial charge on any atom is -0.465 e. The van der Waals surface area contributed by atoms with Gasteiger partial charge in [-0.3, -0.25) is 4.79 Å². The Bertz CT molecular complexity index is 188. The molecule has 0 bridgehead atoms. The second kappa shape index (κ2) is 7.04. The number of piperidine rings is 1. The van der Waals surface area contributed by atoms with Gasteiger partial charge >= 0.3 is 5.97 Å². The van der Waals surface area contributed by atoms with Crippen molar-refractivity contribution in [1.82, 2.24) is 5.32 Å². The molecule has 1 saturated heterocycles. The SMILES string of the molecule is CCOC(=O)C1(COC)CCCNC1.Cl. The van der Waals surface area contributed by atoms with E-state index < -0.39 is 5.41 Å². The van der Waals surface area contributed by atoms with Crippen LogP contribution < -0.4 is 5.32 Å². The van der Waals surface area contributed by atoms with Gasteiger partial charge in [-0.25, -0.2) is 0 Å². The lowest BCUT2D eigenvalue weighted by molar-refractivity contribution is -0.160. The molecule has 15 heavy (non-hydrogen) atoms. The molecule has 1 N–H and O–H groups in total. The molecule has 1 unspecified atom stereocenters. The molecule has 0 aromatic heterocycles. The molecule has 0 aliphatic carbocycles. The highest BCUT2D eigenvalue weighted by molar-refractivity contribution is 5.85. The monoisotopic (exact) mass is 237 g/mol. The van der Waals surface area contributed by atoms with Crippen molar-refractivity contribution in [1.29, 1.82) is 0 Å². The van der Waals surface area contributed by atoms with Gasteiger partial charge in [0.15, 0.2) is 0 Å². The molecule has 0 amide bonds. The summed E-state index contributed by atoms with van der Waals surface area (Å²) in [5.41, 5.74) is -0.455. The normalized spacial score (nSPS) is 25.5. The predicted molar refractivity (Wildman–Crippen MR) is 60.3 cm³/mol. The van der Waals surface area contributed by atoms with Crippen molar-refractivity contribution < 1.29 is 14.3 Å². The van der Waals surface area contributed by atoms with Crippen molar-refractivity contribution >= 4 is 18.4 Å². The zero-order chi connectivity index (χ0) is 10.4. The number of hydrogen-bond donors (Lipinski definition) is 1. The quantitative estimate of drug-likeness (QED) is 0.741. The molecule has 90 valence electrons. The van der Waals surface area contributed by atoms with Crippen molar-refractivity contribution in [2.24, 2.45) is 5.41 Å². The lowest BCUT2D eigenvalue weighted by atomic mass is 9.81. The van der Waals surface area contributed by atoms with Gasteiger partial charge in [-0.15, -0.1) is 12.4 Å². The first-order chi connectivity index (χ1) is 6.75.